The van der Waals surface area contributed by atoms with Crippen LogP contribution in [0.3, 0.4) is 0 Å². The molecule has 0 aromatic heterocycles. The molecule has 0 aromatic carbocycles. The van der Waals surface area contributed by atoms with Crippen molar-refractivity contribution in [2.75, 3.05) is 0 Å². The largest absolute Gasteiger partial charge is 0.348 e. The van der Waals surface area contributed by atoms with Crippen LogP contribution >= 0.6 is 0 Å². The Morgan fingerprint density at radius 1 is 0.750 bits per heavy atom. The van der Waals surface area contributed by atoms with E-state index in [-0.39, 0.29) is 23.8 Å². The Morgan fingerprint density at radius 3 is 1.45 bits per heavy atom. The van der Waals surface area contributed by atoms with Gasteiger partial charge in [0.1, 0.15) is 0 Å². The third-order valence-electron chi connectivity index (χ3n) is 3.57. The highest BCUT2D eigenvalue weighted by Gasteiger charge is 2.01. The summed E-state index contributed by atoms with van der Waals surface area (Å²) >= 11 is 0. The summed E-state index contributed by atoms with van der Waals surface area (Å²) in [6.07, 6.45) is 16.6. The molecule has 0 atom stereocenters. The van der Waals surface area contributed by atoms with Gasteiger partial charge in [-0.05, 0) is 6.42 Å². The number of rotatable bonds is 14. The van der Waals surface area contributed by atoms with Crippen LogP contribution in [-0.2, 0) is 9.74 Å². The molecule has 0 amide bonds. The summed E-state index contributed by atoms with van der Waals surface area (Å²) in [5.74, 6) is -0.733. The number of unbranched alkanes of at least 4 members (excludes halogenated alkanes) is 12. The molecule has 20 heavy (non-hydrogen) atoms. The zero-order valence-electron chi connectivity index (χ0n) is 12.6. The lowest BCUT2D eigenvalue weighted by molar-refractivity contribution is -0.183. The Balaban J connectivity index is 0. The molecular weight excluding hydrogens is 270 g/mol. The molecule has 0 aliphatic heterocycles. The van der Waals surface area contributed by atoms with E-state index in [4.69, 9.17) is 0 Å². The molecule has 2 nitrogen and oxygen atoms in total. The van der Waals surface area contributed by atoms with Gasteiger partial charge in [-0.1, -0.05) is 84.0 Å². The van der Waals surface area contributed by atoms with E-state index in [1.165, 1.54) is 64.2 Å². The monoisotopic (exact) mass is 304 g/mol. The van der Waals surface area contributed by atoms with Crippen molar-refractivity contribution in [2.24, 2.45) is 0 Å². The smallest absolute Gasteiger partial charge is 0.255 e. The summed E-state index contributed by atoms with van der Waals surface area (Å²) in [6.45, 7) is 2.25. The highest BCUT2D eigenvalue weighted by atomic mass is 27.0. The van der Waals surface area contributed by atoms with Gasteiger partial charge >= 0.3 is 5.97 Å². The van der Waals surface area contributed by atoms with Gasteiger partial charge in [-0.2, -0.15) is 0 Å². The lowest BCUT2D eigenvalue weighted by Gasteiger charge is -2.02. The SMILES string of the molecule is CCCCCCCCCCCCCCCC(=O)OF.[AlH3]. The standard InChI is InChI=1S/C16H31FO2.Al.3H/c1-2-3-4-5-6-7-8-9-10-11-12-13-14-15-16(18)19-17;;;;/h2-15H2,1H3;;;;. The average molecular weight is 304 g/mol. The molecule has 4 heteroatoms. The van der Waals surface area contributed by atoms with E-state index in [1.807, 2.05) is 0 Å². The Kier molecular flexibility index (Phi) is 21.0. The zero-order valence-corrected chi connectivity index (χ0v) is 12.6. The minimum Gasteiger partial charge on any atom is -0.255 e. The average Bonchev–Trinajstić information content (AvgIpc) is 2.43. The zero-order chi connectivity index (χ0) is 14.2. The van der Waals surface area contributed by atoms with Gasteiger partial charge in [-0.3, -0.25) is 4.94 Å². The van der Waals surface area contributed by atoms with E-state index < -0.39 is 5.97 Å². The fraction of sp³-hybridized carbons (Fsp3) is 0.938. The van der Waals surface area contributed by atoms with Crippen LogP contribution in [0, 0.1) is 0 Å². The van der Waals surface area contributed by atoms with E-state index in [2.05, 4.69) is 11.9 Å². The maximum absolute atomic E-state index is 11.4. The number of hydrogen-bond donors (Lipinski definition) is 0. The molecule has 0 fully saturated rings. The maximum atomic E-state index is 11.4. The van der Waals surface area contributed by atoms with Gasteiger partial charge in [0.2, 0.25) is 0 Å². The van der Waals surface area contributed by atoms with Gasteiger partial charge in [-0.25, -0.2) is 4.79 Å². The van der Waals surface area contributed by atoms with E-state index in [1.54, 1.807) is 0 Å². The van der Waals surface area contributed by atoms with Crippen molar-refractivity contribution in [1.82, 2.24) is 0 Å². The highest BCUT2D eigenvalue weighted by Crippen LogP contribution is 2.12. The van der Waals surface area contributed by atoms with Gasteiger partial charge < -0.3 is 0 Å². The summed E-state index contributed by atoms with van der Waals surface area (Å²) in [7, 11) is 0. The molecule has 0 unspecified atom stereocenters. The Hall–Kier alpha value is -0.0675. The number of carbonyl (C=O) groups excluding carboxylic acids is 1. The van der Waals surface area contributed by atoms with Crippen LogP contribution in [0.1, 0.15) is 96.8 Å². The van der Waals surface area contributed by atoms with Crippen LogP contribution < -0.4 is 0 Å². The van der Waals surface area contributed by atoms with Crippen LogP contribution in [0.2, 0.25) is 0 Å². The summed E-state index contributed by atoms with van der Waals surface area (Å²) in [5.41, 5.74) is 0. The van der Waals surface area contributed by atoms with Gasteiger partial charge in [0, 0.05) is 10.9 Å². The first kappa shape index (κ1) is 22.2. The number of hydrogen-bond acceptors (Lipinski definition) is 2. The lowest BCUT2D eigenvalue weighted by atomic mass is 10.0. The Morgan fingerprint density at radius 2 is 1.10 bits per heavy atom. The van der Waals surface area contributed by atoms with E-state index in [9.17, 15) is 9.32 Å². The molecule has 120 valence electrons. The normalized spacial score (nSPS) is 10.1. The lowest BCUT2D eigenvalue weighted by Crippen LogP contribution is -1.96. The molecule has 0 spiro atoms. The summed E-state index contributed by atoms with van der Waals surface area (Å²) < 4.78 is 11.4. The van der Waals surface area contributed by atoms with Crippen molar-refractivity contribution in [3.05, 3.63) is 0 Å². The predicted molar refractivity (Wildman–Crippen MR) is 87.5 cm³/mol. The van der Waals surface area contributed by atoms with E-state index in [0.717, 1.165) is 19.3 Å². The van der Waals surface area contributed by atoms with Gasteiger partial charge in [0.15, 0.2) is 17.4 Å². The molecule has 0 bridgehead atoms. The first-order chi connectivity index (χ1) is 9.31. The van der Waals surface area contributed by atoms with Crippen molar-refractivity contribution >= 4 is 23.3 Å². The second kappa shape index (κ2) is 18.9. The van der Waals surface area contributed by atoms with Crippen LogP contribution in [0.25, 0.3) is 0 Å². The number of carbonyl (C=O) groups is 1. The second-order valence-corrected chi connectivity index (χ2v) is 5.44. The minimum absolute atomic E-state index is 0. The van der Waals surface area contributed by atoms with Crippen molar-refractivity contribution in [3.63, 3.8) is 0 Å². The quantitative estimate of drug-likeness (QED) is 0.343. The van der Waals surface area contributed by atoms with E-state index in [0.29, 0.717) is 0 Å². The van der Waals surface area contributed by atoms with Crippen LogP contribution in [0.5, 0.6) is 0 Å². The minimum atomic E-state index is -0.733. The molecule has 0 rings (SSSR count). The fourth-order valence-corrected chi connectivity index (χ4v) is 2.33. The first-order valence-corrected chi connectivity index (χ1v) is 8.12. The second-order valence-electron chi connectivity index (χ2n) is 5.44. The molecule has 0 heterocycles. The molecule has 0 saturated carbocycles. The van der Waals surface area contributed by atoms with E-state index >= 15 is 0 Å². The van der Waals surface area contributed by atoms with Crippen molar-refractivity contribution in [2.45, 2.75) is 96.8 Å². The summed E-state index contributed by atoms with van der Waals surface area (Å²) in [4.78, 5) is 13.6. The molecule has 0 saturated heterocycles. The Labute approximate surface area is 134 Å². The fourth-order valence-electron chi connectivity index (χ4n) is 2.33. The molecule has 0 aliphatic rings. The predicted octanol–water partition coefficient (Wildman–Crippen LogP) is 4.71. The summed E-state index contributed by atoms with van der Waals surface area (Å²) in [6, 6.07) is 0. The third-order valence-corrected chi connectivity index (χ3v) is 3.57. The van der Waals surface area contributed by atoms with Crippen LogP contribution in [-0.4, -0.2) is 23.3 Å². The third kappa shape index (κ3) is 17.9. The number of halogens is 1. The highest BCUT2D eigenvalue weighted by molar-refractivity contribution is 5.75. The Bertz CT molecular complexity index is 201. The van der Waals surface area contributed by atoms with Crippen LogP contribution in [0.4, 0.5) is 4.53 Å². The van der Waals surface area contributed by atoms with Crippen molar-refractivity contribution in [1.29, 1.82) is 0 Å². The van der Waals surface area contributed by atoms with Crippen molar-refractivity contribution in [3.8, 4) is 0 Å². The molecule has 0 aromatic rings. The van der Waals surface area contributed by atoms with Gasteiger partial charge in [0.05, 0.1) is 0 Å². The molecule has 0 N–H and O–H groups in total. The topological polar surface area (TPSA) is 26.3 Å². The molecule has 0 radical (unpaired) electrons. The van der Waals surface area contributed by atoms with Crippen molar-refractivity contribution < 1.29 is 14.3 Å². The van der Waals surface area contributed by atoms with Gasteiger partial charge in [-0.15, -0.1) is 0 Å². The maximum Gasteiger partial charge on any atom is 0.348 e. The molecular formula is C16H34AlFO2. The summed E-state index contributed by atoms with van der Waals surface area (Å²) in [5, 5.41) is 0. The van der Waals surface area contributed by atoms with Gasteiger partial charge in [0.25, 0.3) is 0 Å². The molecule has 0 aliphatic carbocycles. The first-order valence-electron chi connectivity index (χ1n) is 8.12. The van der Waals surface area contributed by atoms with Crippen LogP contribution in [0.15, 0.2) is 0 Å².